The average Bonchev–Trinajstić information content (AvgIpc) is 2.75. The van der Waals surface area contributed by atoms with Crippen LogP contribution in [0.3, 0.4) is 0 Å². The number of carbonyl (C=O) groups is 2. The number of ether oxygens (including phenoxy) is 2. The predicted octanol–water partition coefficient (Wildman–Crippen LogP) is 2.63. The quantitative estimate of drug-likeness (QED) is 0.541. The van der Waals surface area contributed by atoms with Gasteiger partial charge in [-0.3, -0.25) is 9.59 Å². The van der Waals surface area contributed by atoms with Gasteiger partial charge in [-0.05, 0) is 12.1 Å². The summed E-state index contributed by atoms with van der Waals surface area (Å²) >= 11 is 1.18. The SMILES string of the molecule is O=C(CSCC(=O)Nc1cccc2c1OCCC2O)Nc1cccc2c1OCCC2O. The van der Waals surface area contributed by atoms with Crippen LogP contribution < -0.4 is 20.1 Å². The largest absolute Gasteiger partial charge is 0.491 e. The summed E-state index contributed by atoms with van der Waals surface area (Å²) < 4.78 is 11.2. The Morgan fingerprint density at radius 2 is 1.29 bits per heavy atom. The third-order valence-electron chi connectivity index (χ3n) is 5.10. The van der Waals surface area contributed by atoms with Crippen molar-refractivity contribution in [1.82, 2.24) is 0 Å². The topological polar surface area (TPSA) is 117 Å². The van der Waals surface area contributed by atoms with E-state index in [0.29, 0.717) is 60.1 Å². The van der Waals surface area contributed by atoms with Gasteiger partial charge in [-0.15, -0.1) is 11.8 Å². The lowest BCUT2D eigenvalue weighted by Gasteiger charge is -2.24. The number of fused-ring (bicyclic) bond motifs is 2. The van der Waals surface area contributed by atoms with Crippen LogP contribution in [0.4, 0.5) is 11.4 Å². The van der Waals surface area contributed by atoms with Gasteiger partial charge in [0.15, 0.2) is 0 Å². The number of hydrogen-bond donors (Lipinski definition) is 4. The van der Waals surface area contributed by atoms with Gasteiger partial charge in [0, 0.05) is 24.0 Å². The average molecular weight is 445 g/mol. The molecule has 2 aliphatic rings. The van der Waals surface area contributed by atoms with Crippen LogP contribution in [0.25, 0.3) is 0 Å². The van der Waals surface area contributed by atoms with Crippen LogP contribution >= 0.6 is 11.8 Å². The molecule has 0 saturated carbocycles. The Labute approximate surface area is 183 Å². The lowest BCUT2D eigenvalue weighted by Crippen LogP contribution is -2.21. The van der Waals surface area contributed by atoms with Crippen LogP contribution in [0.15, 0.2) is 36.4 Å². The minimum atomic E-state index is -0.604. The summed E-state index contributed by atoms with van der Waals surface area (Å²) in [6, 6.07) is 10.5. The van der Waals surface area contributed by atoms with Crippen molar-refractivity contribution in [2.24, 2.45) is 0 Å². The molecule has 0 spiro atoms. The Balaban J connectivity index is 1.29. The molecule has 2 aromatic rings. The van der Waals surface area contributed by atoms with Gasteiger partial charge >= 0.3 is 0 Å². The van der Waals surface area contributed by atoms with Crippen molar-refractivity contribution in [2.75, 3.05) is 35.4 Å². The molecular weight excluding hydrogens is 420 g/mol. The fourth-order valence-electron chi connectivity index (χ4n) is 3.62. The smallest absolute Gasteiger partial charge is 0.234 e. The highest BCUT2D eigenvalue weighted by molar-refractivity contribution is 8.00. The molecule has 2 heterocycles. The fraction of sp³-hybridized carbons (Fsp3) is 0.364. The molecule has 2 unspecified atom stereocenters. The van der Waals surface area contributed by atoms with Gasteiger partial charge in [-0.2, -0.15) is 0 Å². The number of para-hydroxylation sites is 2. The van der Waals surface area contributed by atoms with Crippen molar-refractivity contribution in [2.45, 2.75) is 25.0 Å². The van der Waals surface area contributed by atoms with Gasteiger partial charge < -0.3 is 30.3 Å². The van der Waals surface area contributed by atoms with Crippen molar-refractivity contribution >= 4 is 35.0 Å². The van der Waals surface area contributed by atoms with E-state index in [1.54, 1.807) is 36.4 Å². The lowest BCUT2D eigenvalue weighted by molar-refractivity contribution is -0.114. The number of nitrogens with one attached hydrogen (secondary N) is 2. The maximum atomic E-state index is 12.3. The van der Waals surface area contributed by atoms with Crippen LogP contribution in [0.1, 0.15) is 36.2 Å². The Kier molecular flexibility index (Phi) is 6.64. The second-order valence-electron chi connectivity index (χ2n) is 7.34. The molecule has 2 aliphatic heterocycles. The van der Waals surface area contributed by atoms with Crippen LogP contribution in [-0.2, 0) is 9.59 Å². The minimum absolute atomic E-state index is 0.0851. The van der Waals surface area contributed by atoms with E-state index in [1.807, 2.05) is 0 Å². The molecular formula is C22H24N2O6S. The summed E-state index contributed by atoms with van der Waals surface area (Å²) in [6.07, 6.45) is -0.173. The monoisotopic (exact) mass is 444 g/mol. The molecule has 0 aromatic heterocycles. The van der Waals surface area contributed by atoms with E-state index < -0.39 is 12.2 Å². The summed E-state index contributed by atoms with van der Waals surface area (Å²) in [4.78, 5) is 24.6. The number of rotatable bonds is 6. The highest BCUT2D eigenvalue weighted by atomic mass is 32.2. The van der Waals surface area contributed by atoms with Crippen LogP contribution in [-0.4, -0.2) is 46.7 Å². The maximum Gasteiger partial charge on any atom is 0.234 e. The Hall–Kier alpha value is -2.75. The summed E-state index contributed by atoms with van der Waals surface area (Å²) in [5.41, 5.74) is 2.35. The highest BCUT2D eigenvalue weighted by Crippen LogP contribution is 2.39. The van der Waals surface area contributed by atoms with E-state index >= 15 is 0 Å². The van der Waals surface area contributed by atoms with E-state index in [2.05, 4.69) is 10.6 Å². The molecule has 0 bridgehead atoms. The molecule has 4 N–H and O–H groups in total. The van der Waals surface area contributed by atoms with Gasteiger partial charge in [0.05, 0.1) is 48.3 Å². The van der Waals surface area contributed by atoms with Gasteiger partial charge in [0.1, 0.15) is 11.5 Å². The Bertz CT molecular complexity index is 905. The standard InChI is InChI=1S/C22H24N2O6S/c25-17-7-9-29-21-13(17)3-1-5-15(21)23-19(27)11-31-12-20(28)24-16-6-2-4-14-18(26)8-10-30-22(14)16/h1-6,17-18,25-26H,7-12H2,(H,23,27)(H,24,28). The molecule has 4 rings (SSSR count). The zero-order valence-electron chi connectivity index (χ0n) is 16.8. The first kappa shape index (κ1) is 21.5. The van der Waals surface area contributed by atoms with Gasteiger partial charge in [-0.1, -0.05) is 24.3 Å². The molecule has 8 nitrogen and oxygen atoms in total. The zero-order chi connectivity index (χ0) is 21.8. The third kappa shape index (κ3) is 4.95. The van der Waals surface area contributed by atoms with Gasteiger partial charge in [0.25, 0.3) is 0 Å². The zero-order valence-corrected chi connectivity index (χ0v) is 17.6. The van der Waals surface area contributed by atoms with E-state index in [-0.39, 0.29) is 23.3 Å². The molecule has 2 amide bonds. The van der Waals surface area contributed by atoms with Crippen molar-refractivity contribution in [3.8, 4) is 11.5 Å². The molecule has 0 saturated heterocycles. The first-order valence-corrected chi connectivity index (χ1v) is 11.2. The van der Waals surface area contributed by atoms with Gasteiger partial charge in [0.2, 0.25) is 11.8 Å². The lowest BCUT2D eigenvalue weighted by atomic mass is 10.0. The van der Waals surface area contributed by atoms with Crippen LogP contribution in [0.2, 0.25) is 0 Å². The summed E-state index contributed by atoms with van der Waals surface area (Å²) in [7, 11) is 0. The number of carbonyl (C=O) groups excluding carboxylic acids is 2. The number of aliphatic hydroxyl groups is 2. The fourth-order valence-corrected chi connectivity index (χ4v) is 4.24. The number of hydrogen-bond acceptors (Lipinski definition) is 7. The molecule has 31 heavy (non-hydrogen) atoms. The molecule has 164 valence electrons. The van der Waals surface area contributed by atoms with E-state index in [1.165, 1.54) is 11.8 Å². The van der Waals surface area contributed by atoms with E-state index in [4.69, 9.17) is 9.47 Å². The van der Waals surface area contributed by atoms with Crippen molar-refractivity contribution in [3.05, 3.63) is 47.5 Å². The first-order chi connectivity index (χ1) is 15.0. The molecule has 0 fully saturated rings. The number of amides is 2. The van der Waals surface area contributed by atoms with Gasteiger partial charge in [-0.25, -0.2) is 0 Å². The maximum absolute atomic E-state index is 12.3. The molecule has 2 atom stereocenters. The predicted molar refractivity (Wildman–Crippen MR) is 118 cm³/mol. The third-order valence-corrected chi connectivity index (χ3v) is 6.03. The van der Waals surface area contributed by atoms with Crippen molar-refractivity contribution in [3.63, 3.8) is 0 Å². The minimum Gasteiger partial charge on any atom is -0.491 e. The van der Waals surface area contributed by atoms with Crippen molar-refractivity contribution < 1.29 is 29.3 Å². The normalized spacial score (nSPS) is 19.3. The summed E-state index contributed by atoms with van der Waals surface area (Å²) in [5.74, 6) is 0.627. The Morgan fingerprint density at radius 1 is 0.839 bits per heavy atom. The van der Waals surface area contributed by atoms with Crippen LogP contribution in [0.5, 0.6) is 11.5 Å². The molecule has 0 radical (unpaired) electrons. The highest BCUT2D eigenvalue weighted by Gasteiger charge is 2.24. The first-order valence-electron chi connectivity index (χ1n) is 10.1. The number of thioether (sulfide) groups is 1. The van der Waals surface area contributed by atoms with Crippen LogP contribution in [0, 0.1) is 0 Å². The number of benzene rings is 2. The molecule has 2 aromatic carbocycles. The molecule has 9 heteroatoms. The van der Waals surface area contributed by atoms with E-state index in [9.17, 15) is 19.8 Å². The number of aliphatic hydroxyl groups excluding tert-OH is 2. The second-order valence-corrected chi connectivity index (χ2v) is 8.33. The molecule has 0 aliphatic carbocycles. The van der Waals surface area contributed by atoms with E-state index in [0.717, 1.165) is 0 Å². The summed E-state index contributed by atoms with van der Waals surface area (Å²) in [5, 5.41) is 25.7. The second kappa shape index (κ2) is 9.59. The number of anilines is 2. The summed E-state index contributed by atoms with van der Waals surface area (Å²) in [6.45, 7) is 0.778. The Morgan fingerprint density at radius 3 is 1.74 bits per heavy atom. The van der Waals surface area contributed by atoms with Crippen molar-refractivity contribution in [1.29, 1.82) is 0 Å².